The predicted octanol–water partition coefficient (Wildman–Crippen LogP) is 8.80. The maximum Gasteiger partial charge on any atom is 0.410 e. The Morgan fingerprint density at radius 1 is 0.538 bits per heavy atom. The number of carbonyl (C=O) groups excluding carboxylic acids is 7. The molecule has 620 valence electrons. The lowest BCUT2D eigenvalue weighted by Gasteiger charge is -2.45. The van der Waals surface area contributed by atoms with Gasteiger partial charge in [-0.1, -0.05) is 46.4 Å². The van der Waals surface area contributed by atoms with E-state index < -0.39 is 45.6 Å². The fraction of sp³-hybridized carbons (Fsp3) is 0.480. The summed E-state index contributed by atoms with van der Waals surface area (Å²) in [5.41, 5.74) is 6.03. The second kappa shape index (κ2) is 33.8. The van der Waals surface area contributed by atoms with E-state index in [-0.39, 0.29) is 125 Å². The van der Waals surface area contributed by atoms with E-state index in [2.05, 4.69) is 103 Å². The summed E-state index contributed by atoms with van der Waals surface area (Å²) in [6.45, 7) is 12.8. The van der Waals surface area contributed by atoms with Gasteiger partial charge in [0.25, 0.3) is 45.9 Å². The van der Waals surface area contributed by atoms with Gasteiger partial charge < -0.3 is 77.5 Å². The Kier molecular flexibility index (Phi) is 24.7. The fourth-order valence-electron chi connectivity index (χ4n) is 18.0. The molecule has 0 aliphatic carbocycles. The third-order valence-electron chi connectivity index (χ3n) is 22.2. The maximum absolute atomic E-state index is 13.6. The zero-order valence-corrected chi connectivity index (χ0v) is 70.8. The highest BCUT2D eigenvalue weighted by Crippen LogP contribution is 2.49. The molecule has 12 N–H and O–H groups in total. The number of hydrogen-bond donors (Lipinski definition) is 10. The predicted molar refractivity (Wildman–Crippen MR) is 441 cm³/mol. The lowest BCUT2D eigenvalue weighted by atomic mass is 9.79. The van der Waals surface area contributed by atoms with Crippen molar-refractivity contribution in [2.75, 3.05) is 16.4 Å². The molecule has 18 rings (SSSR count). The van der Waals surface area contributed by atoms with Crippen molar-refractivity contribution in [3.8, 4) is 0 Å². The van der Waals surface area contributed by atoms with Crippen molar-refractivity contribution in [3.63, 3.8) is 0 Å². The highest BCUT2D eigenvalue weighted by atomic mass is 79.9. The van der Waals surface area contributed by atoms with Crippen molar-refractivity contribution in [2.24, 2.45) is 5.73 Å². The first kappa shape index (κ1) is 85.5. The minimum Gasteiger partial charge on any atom is -0.444 e. The van der Waals surface area contributed by atoms with Crippen LogP contribution in [0.1, 0.15) is 186 Å². The number of nitrogens with two attached hydrogens (primary N) is 2. The van der Waals surface area contributed by atoms with Gasteiger partial charge in [0.05, 0.1) is 29.0 Å². The quantitative estimate of drug-likeness (QED) is 0.0695. The summed E-state index contributed by atoms with van der Waals surface area (Å²) in [4.78, 5) is 167. The second-order valence-electron chi connectivity index (χ2n) is 32.5. The summed E-state index contributed by atoms with van der Waals surface area (Å²) in [7, 11) is -0.379. The molecule has 0 saturated carbocycles. The number of aromatic nitrogens is 10. The summed E-state index contributed by atoms with van der Waals surface area (Å²) in [5, 5.41) is 28.8. The van der Waals surface area contributed by atoms with Gasteiger partial charge in [0, 0.05) is 118 Å². The largest absolute Gasteiger partial charge is 0.444 e. The van der Waals surface area contributed by atoms with Crippen molar-refractivity contribution in [3.05, 3.63) is 173 Å². The number of amides is 6. The first-order valence-corrected chi connectivity index (χ1v) is 41.1. The molecule has 8 unspecified atom stereocenters. The highest BCUT2D eigenvalue weighted by molar-refractivity contribution is 9.10. The molecule has 8 saturated heterocycles. The van der Waals surface area contributed by atoms with Gasteiger partial charge in [-0.25, -0.2) is 39.5 Å². The summed E-state index contributed by atoms with van der Waals surface area (Å²) in [5.74, 6) is 0.0156. The van der Waals surface area contributed by atoms with E-state index in [9.17, 15) is 57.8 Å². The molecule has 117 heavy (non-hydrogen) atoms. The number of halogens is 6. The molecule has 8 fully saturated rings. The number of ether oxygens (including phenoxy) is 2. The van der Waals surface area contributed by atoms with Crippen molar-refractivity contribution >= 4 is 156 Å². The van der Waals surface area contributed by atoms with Gasteiger partial charge in [-0.2, -0.15) is 0 Å². The molecule has 35 nitrogen and oxygen atoms in total. The normalized spacial score (nSPS) is 25.6. The fourth-order valence-corrected chi connectivity index (χ4v) is 20.1. The Bertz CT molecular complexity index is 5280. The Morgan fingerprint density at radius 2 is 0.915 bits per heavy atom. The van der Waals surface area contributed by atoms with Crippen LogP contribution in [0.4, 0.5) is 38.4 Å². The van der Waals surface area contributed by atoms with Crippen LogP contribution in [-0.4, -0.2) is 176 Å². The molecular weight excluding hydrogens is 1730 g/mol. The molecule has 7 aromatic rings. The van der Waals surface area contributed by atoms with Gasteiger partial charge >= 0.3 is 19.2 Å². The molecule has 0 aromatic carbocycles. The number of nitrogen functional groups attached to an aromatic ring is 1. The van der Waals surface area contributed by atoms with Gasteiger partial charge in [-0.15, -0.1) is 0 Å². The summed E-state index contributed by atoms with van der Waals surface area (Å²) >= 11 is 30.9. The third-order valence-corrected chi connectivity index (χ3v) is 24.5. The molecule has 3 spiro atoms. The molecular formula is C75H86BBr2Cl4N21O14. The lowest BCUT2D eigenvalue weighted by Crippen LogP contribution is -2.60. The number of Topliss-reactive ketones (excluding diaryl/α,β-unsaturated/α-hetero) is 1. The van der Waals surface area contributed by atoms with Crippen LogP contribution in [0.5, 0.6) is 0 Å². The van der Waals surface area contributed by atoms with Crippen molar-refractivity contribution < 1.29 is 48.1 Å². The summed E-state index contributed by atoms with van der Waals surface area (Å²) < 4.78 is 16.3. The van der Waals surface area contributed by atoms with Gasteiger partial charge in [-0.05, 0) is 174 Å². The van der Waals surface area contributed by atoms with Crippen LogP contribution in [-0.2, 0) is 31.3 Å². The average Bonchev–Trinajstić information content (AvgIpc) is 1.57. The van der Waals surface area contributed by atoms with E-state index >= 15 is 0 Å². The average molecular weight is 1820 g/mol. The van der Waals surface area contributed by atoms with Crippen LogP contribution in [0.3, 0.4) is 0 Å². The molecule has 6 amide bonds. The van der Waals surface area contributed by atoms with E-state index in [1.54, 1.807) is 58.0 Å². The van der Waals surface area contributed by atoms with Crippen molar-refractivity contribution in [1.29, 1.82) is 0 Å². The molecule has 18 heterocycles. The van der Waals surface area contributed by atoms with Gasteiger partial charge in [-0.3, -0.25) is 56.9 Å². The number of ketones is 1. The second-order valence-corrected chi connectivity index (χ2v) is 35.8. The number of nitrogens with zero attached hydrogens (tertiary/aromatic N) is 12. The summed E-state index contributed by atoms with van der Waals surface area (Å²) in [6, 6.07) is 11.4. The standard InChI is InChI=1S/C22H25ClN6O4.C18H21BrClN3O4.C17H17ClN6O2.C8H14BNO2.C6H4BrClN2O2.C4H5N3/c1-21(2,3)33-20(32)28-12-4-5-13(28)10-22(9-12)27-18(30)17-14(23)8-15(19(31)29(17)22)26-16-6-7-24-11-25-16;1-17(2,3)27-16(26)22-9-4-5-10(22)8-18(7-9)21-14(24)13-12(20)6-11(19)15(25)23(13)18;18-11-5-12(22-13-3-4-19-8-20-13)16(26)24-14(11)15(25)23-17(24)6-9-1-2-10(7-17)21-9;1-9(12)10-6-2-3-7(10)5-8(11)4-6;7-2-1-3(8)4(5(9)11)10-6(2)12;5-4-1-2-6-3-7-4/h6-8,11-13H,4-5,9-10H2,1-3H3,(H,27,30)(H,24,25,26);6,9-10H,4-5,7-8H2,1-3H3,(H,21,24);3-5,8-10,21H,1-2,6-7H2,(H,23,25)(H,19,20,22);6-7,12H,2-5H2,1H3;1H,(H2,9,11)(H,10,12);1-3H,(H2,5,6,7). The lowest BCUT2D eigenvalue weighted by molar-refractivity contribution is -0.122. The number of nitrogens with one attached hydrogen (secondary N) is 7. The minimum atomic E-state index is -0.957. The Hall–Kier alpha value is -9.41. The monoisotopic (exact) mass is 1810 g/mol. The van der Waals surface area contributed by atoms with Crippen molar-refractivity contribution in [1.82, 2.24) is 84.5 Å². The number of carbonyl (C=O) groups is 7. The Balaban J connectivity index is 0.000000129. The molecule has 11 aliphatic heterocycles. The number of piperidine rings is 4. The van der Waals surface area contributed by atoms with E-state index in [1.165, 1.54) is 52.4 Å². The van der Waals surface area contributed by atoms with Crippen LogP contribution in [0.25, 0.3) is 0 Å². The van der Waals surface area contributed by atoms with Crippen LogP contribution in [0.2, 0.25) is 26.9 Å². The zero-order chi connectivity index (χ0) is 84.3. The van der Waals surface area contributed by atoms with E-state index in [0.29, 0.717) is 109 Å². The van der Waals surface area contributed by atoms with Gasteiger partial charge in [0.15, 0.2) is 0 Å². The molecule has 7 aromatic heterocycles. The third kappa shape index (κ3) is 17.9. The minimum absolute atomic E-state index is 0.0788. The van der Waals surface area contributed by atoms with E-state index in [1.807, 2.05) is 41.5 Å². The number of rotatable bonds is 6. The number of hydrogen-bond acceptors (Lipinski definition) is 25. The van der Waals surface area contributed by atoms with Crippen LogP contribution < -0.4 is 65.6 Å². The highest BCUT2D eigenvalue weighted by Gasteiger charge is 2.59. The number of pyridine rings is 4. The topological polar surface area (TPSA) is 468 Å². The molecule has 42 heteroatoms. The van der Waals surface area contributed by atoms with E-state index in [0.717, 1.165) is 51.4 Å². The zero-order valence-electron chi connectivity index (χ0n) is 64.6. The Labute approximate surface area is 706 Å². The molecule has 8 bridgehead atoms. The first-order chi connectivity index (χ1) is 55.3. The first-order valence-electron chi connectivity index (χ1n) is 38.0. The van der Waals surface area contributed by atoms with Crippen LogP contribution in [0.15, 0.2) is 108 Å². The Morgan fingerprint density at radius 3 is 1.27 bits per heavy atom. The van der Waals surface area contributed by atoms with Crippen molar-refractivity contribution in [2.45, 2.75) is 228 Å². The smallest absolute Gasteiger partial charge is 0.410 e. The maximum atomic E-state index is 13.6. The van der Waals surface area contributed by atoms with Crippen LogP contribution in [0, 0.1) is 0 Å². The van der Waals surface area contributed by atoms with Crippen LogP contribution >= 0.6 is 78.3 Å². The number of fused-ring (bicyclic) bond motifs is 14. The molecule has 11 aliphatic rings. The number of anilines is 5. The number of H-pyrrole nitrogens is 1. The van der Waals surface area contributed by atoms with Gasteiger partial charge in [0.2, 0.25) is 0 Å². The number of primary amides is 1. The van der Waals surface area contributed by atoms with E-state index in [4.69, 9.17) is 67.3 Å². The number of aromatic amines is 1. The van der Waals surface area contributed by atoms with Gasteiger partial charge in [0.1, 0.15) is 105 Å². The molecule has 0 radical (unpaired) electrons. The SMILES string of the molecule is CB(O)N1C2CCC1CC(=O)C2.CC(C)(C)OC(=O)N1C2CCC1CC1(C2)NC(=O)c2c(Cl)cc(Br)c(=O)n21.CC(C)(C)OC(=O)N1C2CCC1CC1(C2)NC(=O)c2c(Cl)cc(Nc3ccncn3)c(=O)n21.NC(=O)c1[nH]c(=O)c(Br)cc1Cl.Nc1ccncn1.O=C1NC2(CC3CCC(C2)N3)n2c1c(Cl)cc(Nc1ccncn1)c2=O. The molecule has 8 atom stereocenters. The summed E-state index contributed by atoms with van der Waals surface area (Å²) in [6.07, 6.45) is 20.0.